The molecule has 0 spiro atoms. The molecule has 0 saturated carbocycles. The van der Waals surface area contributed by atoms with E-state index < -0.39 is 29.6 Å². The zero-order valence-corrected chi connectivity index (χ0v) is 13.8. The molecule has 0 bridgehead atoms. The van der Waals surface area contributed by atoms with Gasteiger partial charge in [0.1, 0.15) is 12.3 Å². The maximum Gasteiger partial charge on any atom is 0.330 e. The number of aromatic nitrogens is 2. The van der Waals surface area contributed by atoms with Gasteiger partial charge in [0, 0.05) is 24.7 Å². The second-order valence-electron chi connectivity index (χ2n) is 6.18. The first-order valence-corrected chi connectivity index (χ1v) is 8.07. The number of hydrogen-bond acceptors (Lipinski definition) is 6. The highest BCUT2D eigenvalue weighted by Gasteiger charge is 2.39. The summed E-state index contributed by atoms with van der Waals surface area (Å²) in [4.78, 5) is 25.8. The lowest BCUT2D eigenvalue weighted by atomic mass is 10.1. The fraction of sp³-hybridized carbons (Fsp3) is 0.412. The van der Waals surface area contributed by atoms with E-state index in [2.05, 4.69) is 4.98 Å². The average Bonchev–Trinajstić information content (AvgIpc) is 3.03. The van der Waals surface area contributed by atoms with Crippen LogP contribution in [0.25, 0.3) is 0 Å². The molecule has 3 rings (SSSR count). The minimum absolute atomic E-state index is 0.275. The molecule has 0 unspecified atom stereocenters. The summed E-state index contributed by atoms with van der Waals surface area (Å²) in [6.45, 7) is 1.58. The zero-order chi connectivity index (χ0) is 18.0. The quantitative estimate of drug-likeness (QED) is 0.675. The average molecular weight is 347 g/mol. The molecule has 3 N–H and O–H groups in total. The van der Waals surface area contributed by atoms with Gasteiger partial charge in [0.25, 0.3) is 5.56 Å². The fourth-order valence-corrected chi connectivity index (χ4v) is 3.05. The van der Waals surface area contributed by atoms with Crippen molar-refractivity contribution in [3.63, 3.8) is 0 Å². The van der Waals surface area contributed by atoms with Gasteiger partial charge in [-0.1, -0.05) is 30.3 Å². The van der Waals surface area contributed by atoms with E-state index in [9.17, 15) is 19.9 Å². The summed E-state index contributed by atoms with van der Waals surface area (Å²) in [6.07, 6.45) is 0.426. The largest absolute Gasteiger partial charge is 0.394 e. The molecule has 2 aromatic rings. The number of aliphatic hydroxyl groups excluding tert-OH is 1. The molecule has 1 aliphatic rings. The molecule has 1 saturated heterocycles. The van der Waals surface area contributed by atoms with Crippen LogP contribution in [0.1, 0.15) is 23.8 Å². The highest BCUT2D eigenvalue weighted by molar-refractivity contribution is 5.14. The SMILES string of the molecule is Cc1cn([C@H]2C[C@H](N(O)Cc3ccccc3)[C@@H](CO)O2)c(=O)[nH]c1=O. The van der Waals surface area contributed by atoms with E-state index in [0.29, 0.717) is 12.0 Å². The number of nitrogens with one attached hydrogen (secondary N) is 1. The number of aliphatic hydroxyl groups is 1. The highest BCUT2D eigenvalue weighted by atomic mass is 16.5. The number of H-pyrrole nitrogens is 1. The molecule has 134 valence electrons. The predicted molar refractivity (Wildman–Crippen MR) is 89.2 cm³/mol. The van der Waals surface area contributed by atoms with E-state index in [0.717, 1.165) is 10.6 Å². The fourth-order valence-electron chi connectivity index (χ4n) is 3.05. The van der Waals surface area contributed by atoms with Crippen molar-refractivity contribution in [2.75, 3.05) is 6.61 Å². The Morgan fingerprint density at radius 1 is 1.32 bits per heavy atom. The van der Waals surface area contributed by atoms with Gasteiger partial charge in [-0.05, 0) is 12.5 Å². The minimum Gasteiger partial charge on any atom is -0.394 e. The normalized spacial score (nSPS) is 23.3. The Balaban J connectivity index is 1.79. The first-order chi connectivity index (χ1) is 12.0. The first-order valence-electron chi connectivity index (χ1n) is 8.07. The third kappa shape index (κ3) is 3.72. The van der Waals surface area contributed by atoms with Crippen molar-refractivity contribution in [2.24, 2.45) is 0 Å². The van der Waals surface area contributed by atoms with Gasteiger partial charge in [-0.15, -0.1) is 0 Å². The maximum absolute atomic E-state index is 12.0. The van der Waals surface area contributed by atoms with Crippen LogP contribution in [0.5, 0.6) is 0 Å². The molecule has 25 heavy (non-hydrogen) atoms. The highest BCUT2D eigenvalue weighted by Crippen LogP contribution is 2.31. The lowest BCUT2D eigenvalue weighted by Crippen LogP contribution is -2.39. The molecule has 1 aromatic carbocycles. The Morgan fingerprint density at radius 2 is 2.04 bits per heavy atom. The van der Waals surface area contributed by atoms with Crippen molar-refractivity contribution in [2.45, 2.75) is 38.3 Å². The minimum atomic E-state index is -0.671. The summed E-state index contributed by atoms with van der Waals surface area (Å²) in [5, 5.41) is 21.1. The second-order valence-corrected chi connectivity index (χ2v) is 6.18. The van der Waals surface area contributed by atoms with Crippen molar-refractivity contribution >= 4 is 0 Å². The van der Waals surface area contributed by atoms with Gasteiger partial charge in [-0.3, -0.25) is 14.3 Å². The number of hydrogen-bond donors (Lipinski definition) is 3. The number of hydroxylamine groups is 2. The van der Waals surface area contributed by atoms with Gasteiger partial charge in [0.2, 0.25) is 0 Å². The third-order valence-electron chi connectivity index (χ3n) is 4.41. The smallest absolute Gasteiger partial charge is 0.330 e. The van der Waals surface area contributed by atoms with Crippen LogP contribution in [-0.2, 0) is 11.3 Å². The van der Waals surface area contributed by atoms with Crippen molar-refractivity contribution in [1.82, 2.24) is 14.6 Å². The molecule has 1 aliphatic heterocycles. The zero-order valence-electron chi connectivity index (χ0n) is 13.8. The maximum atomic E-state index is 12.0. The van der Waals surface area contributed by atoms with Gasteiger partial charge < -0.3 is 15.1 Å². The Bertz CT molecular complexity index is 832. The summed E-state index contributed by atoms with van der Waals surface area (Å²) in [5.74, 6) is 0. The number of benzene rings is 1. The van der Waals surface area contributed by atoms with E-state index in [-0.39, 0.29) is 13.2 Å². The molecule has 1 aromatic heterocycles. The molecule has 3 atom stereocenters. The van der Waals surface area contributed by atoms with Crippen LogP contribution in [0, 0.1) is 6.92 Å². The summed E-state index contributed by atoms with van der Waals surface area (Å²) in [7, 11) is 0. The summed E-state index contributed by atoms with van der Waals surface area (Å²) in [6, 6.07) is 8.95. The molecular weight excluding hydrogens is 326 g/mol. The number of ether oxygens (including phenoxy) is 1. The molecule has 0 radical (unpaired) electrons. The Hall–Kier alpha value is -2.26. The number of aryl methyl sites for hydroxylation is 1. The number of rotatable bonds is 5. The van der Waals surface area contributed by atoms with Crippen LogP contribution in [0.2, 0.25) is 0 Å². The summed E-state index contributed by atoms with van der Waals surface area (Å²) >= 11 is 0. The second kappa shape index (κ2) is 7.32. The van der Waals surface area contributed by atoms with Crippen LogP contribution >= 0.6 is 0 Å². The van der Waals surface area contributed by atoms with Gasteiger partial charge in [0.05, 0.1) is 12.6 Å². The van der Waals surface area contributed by atoms with Crippen molar-refractivity contribution in [1.29, 1.82) is 0 Å². The summed E-state index contributed by atoms with van der Waals surface area (Å²) < 4.78 is 7.02. The molecule has 8 nitrogen and oxygen atoms in total. The summed E-state index contributed by atoms with van der Waals surface area (Å²) in [5.41, 5.74) is 0.285. The van der Waals surface area contributed by atoms with Crippen LogP contribution in [0.15, 0.2) is 46.1 Å². The Morgan fingerprint density at radius 3 is 2.72 bits per heavy atom. The topological polar surface area (TPSA) is 108 Å². The molecular formula is C17H21N3O5. The Kier molecular flexibility index (Phi) is 5.14. The lowest BCUT2D eigenvalue weighted by molar-refractivity contribution is -0.155. The molecule has 1 fully saturated rings. The van der Waals surface area contributed by atoms with Crippen LogP contribution in [0.3, 0.4) is 0 Å². The van der Waals surface area contributed by atoms with Crippen molar-refractivity contribution in [3.8, 4) is 0 Å². The van der Waals surface area contributed by atoms with Crippen molar-refractivity contribution in [3.05, 3.63) is 68.5 Å². The van der Waals surface area contributed by atoms with Gasteiger partial charge in [-0.2, -0.15) is 5.06 Å². The standard InChI is InChI=1S/C17H21N3O5/c1-11-8-19(17(23)18-16(11)22)15-7-13(14(10-21)25-15)20(24)9-12-5-3-2-4-6-12/h2-6,8,13-15,21,24H,7,9-10H2,1H3,(H,18,22,23)/t13-,14+,15+/m0/s1. The lowest BCUT2D eigenvalue weighted by Gasteiger charge is -2.25. The van der Waals surface area contributed by atoms with Gasteiger partial charge in [0.15, 0.2) is 0 Å². The number of aromatic amines is 1. The first kappa shape index (κ1) is 17.6. The Labute approximate surface area is 143 Å². The van der Waals surface area contributed by atoms with E-state index in [1.807, 2.05) is 30.3 Å². The van der Waals surface area contributed by atoms with Crippen LogP contribution < -0.4 is 11.2 Å². The molecule has 2 heterocycles. The molecule has 0 amide bonds. The predicted octanol–water partition coefficient (Wildman–Crippen LogP) is 0.385. The van der Waals surface area contributed by atoms with E-state index in [1.54, 1.807) is 6.92 Å². The van der Waals surface area contributed by atoms with Crippen molar-refractivity contribution < 1.29 is 15.1 Å². The van der Waals surface area contributed by atoms with E-state index in [4.69, 9.17) is 4.74 Å². The van der Waals surface area contributed by atoms with Gasteiger partial charge in [-0.25, -0.2) is 4.79 Å². The molecule has 0 aliphatic carbocycles. The molecule has 8 heteroatoms. The monoisotopic (exact) mass is 347 g/mol. The third-order valence-corrected chi connectivity index (χ3v) is 4.41. The number of nitrogens with zero attached hydrogens (tertiary/aromatic N) is 2. The van der Waals surface area contributed by atoms with E-state index in [1.165, 1.54) is 10.8 Å². The van der Waals surface area contributed by atoms with Crippen LogP contribution in [-0.4, -0.2) is 43.7 Å². The van der Waals surface area contributed by atoms with E-state index >= 15 is 0 Å². The van der Waals surface area contributed by atoms with Crippen LogP contribution in [0.4, 0.5) is 0 Å². The van der Waals surface area contributed by atoms with Gasteiger partial charge >= 0.3 is 5.69 Å².